The summed E-state index contributed by atoms with van der Waals surface area (Å²) in [5, 5.41) is 7.91. The number of fused-ring (bicyclic) bond motifs is 1. The van der Waals surface area contributed by atoms with Crippen molar-refractivity contribution in [2.24, 2.45) is 0 Å². The number of carbonyl (C=O) groups is 2. The van der Waals surface area contributed by atoms with Crippen molar-refractivity contribution in [1.82, 2.24) is 10.6 Å². The first-order chi connectivity index (χ1) is 12.2. The quantitative estimate of drug-likeness (QED) is 0.682. The lowest BCUT2D eigenvalue weighted by Crippen LogP contribution is -2.35. The normalized spacial score (nSPS) is 10.4. The second kappa shape index (κ2) is 8.11. The smallest absolute Gasteiger partial charge is 0.251 e. The lowest BCUT2D eigenvalue weighted by Gasteiger charge is -2.08. The van der Waals surface area contributed by atoms with Crippen LogP contribution in [0.25, 0.3) is 10.8 Å². The molecule has 3 aromatic carbocycles. The molecule has 25 heavy (non-hydrogen) atoms. The molecule has 0 aliphatic rings. The molecule has 3 rings (SSSR count). The molecule has 0 atom stereocenters. The molecule has 0 aliphatic heterocycles. The molecule has 3 aromatic rings. The molecule has 4 nitrogen and oxygen atoms in total. The predicted octanol–water partition coefficient (Wildman–Crippen LogP) is 2.93. The van der Waals surface area contributed by atoms with Gasteiger partial charge in [0.25, 0.3) is 5.91 Å². The summed E-state index contributed by atoms with van der Waals surface area (Å²) in [6.07, 6.45) is 0.331. The zero-order valence-electron chi connectivity index (χ0n) is 13.9. The Bertz CT molecular complexity index is 875. The van der Waals surface area contributed by atoms with E-state index in [9.17, 15) is 9.59 Å². The Balaban J connectivity index is 1.44. The maximum absolute atomic E-state index is 12.0. The van der Waals surface area contributed by atoms with E-state index < -0.39 is 0 Å². The molecule has 2 amide bonds. The highest BCUT2D eigenvalue weighted by Crippen LogP contribution is 2.15. The minimum absolute atomic E-state index is 0.0516. The molecule has 2 N–H and O–H groups in total. The molecule has 0 spiro atoms. The Morgan fingerprint density at radius 1 is 0.720 bits per heavy atom. The second-order valence-electron chi connectivity index (χ2n) is 5.83. The summed E-state index contributed by atoms with van der Waals surface area (Å²) in [6.45, 7) is 0.808. The van der Waals surface area contributed by atoms with Gasteiger partial charge in [-0.2, -0.15) is 0 Å². The maximum Gasteiger partial charge on any atom is 0.251 e. The monoisotopic (exact) mass is 332 g/mol. The topological polar surface area (TPSA) is 58.2 Å². The molecule has 0 aromatic heterocycles. The molecule has 0 saturated heterocycles. The van der Waals surface area contributed by atoms with E-state index in [0.29, 0.717) is 25.1 Å². The van der Waals surface area contributed by atoms with Crippen molar-refractivity contribution < 1.29 is 9.59 Å². The van der Waals surface area contributed by atoms with Crippen LogP contribution in [0.1, 0.15) is 15.9 Å². The van der Waals surface area contributed by atoms with E-state index in [1.165, 1.54) is 0 Å². The van der Waals surface area contributed by atoms with Gasteiger partial charge in [-0.1, -0.05) is 60.7 Å². The third-order valence-corrected chi connectivity index (χ3v) is 3.95. The number of amides is 2. The van der Waals surface area contributed by atoms with Crippen LogP contribution in [-0.2, 0) is 11.2 Å². The Kier molecular flexibility index (Phi) is 5.42. The molecular weight excluding hydrogens is 312 g/mol. The first-order valence-corrected chi connectivity index (χ1v) is 8.30. The highest BCUT2D eigenvalue weighted by molar-refractivity contribution is 5.94. The van der Waals surface area contributed by atoms with Gasteiger partial charge in [-0.25, -0.2) is 0 Å². The van der Waals surface area contributed by atoms with Crippen LogP contribution in [0.3, 0.4) is 0 Å². The molecule has 0 saturated carbocycles. The first-order valence-electron chi connectivity index (χ1n) is 8.30. The lowest BCUT2D eigenvalue weighted by molar-refractivity contribution is -0.120. The number of carbonyl (C=O) groups excluding carboxylic acids is 2. The SMILES string of the molecule is O=C(Cc1ccc2ccccc2c1)NCCNC(=O)c1ccccc1. The van der Waals surface area contributed by atoms with Crippen molar-refractivity contribution in [1.29, 1.82) is 0 Å². The number of rotatable bonds is 6. The van der Waals surface area contributed by atoms with Crippen molar-refractivity contribution in [3.05, 3.63) is 83.9 Å². The van der Waals surface area contributed by atoms with Crippen LogP contribution in [0.4, 0.5) is 0 Å². The highest BCUT2D eigenvalue weighted by atomic mass is 16.2. The Morgan fingerprint density at radius 2 is 1.40 bits per heavy atom. The Morgan fingerprint density at radius 3 is 2.20 bits per heavy atom. The maximum atomic E-state index is 12.0. The van der Waals surface area contributed by atoms with Crippen molar-refractivity contribution in [3.8, 4) is 0 Å². The van der Waals surface area contributed by atoms with E-state index in [2.05, 4.69) is 16.7 Å². The minimum atomic E-state index is -0.135. The Hall–Kier alpha value is -3.14. The van der Waals surface area contributed by atoms with E-state index in [-0.39, 0.29) is 11.8 Å². The van der Waals surface area contributed by atoms with Crippen molar-refractivity contribution >= 4 is 22.6 Å². The van der Waals surface area contributed by atoms with Gasteiger partial charge < -0.3 is 10.6 Å². The van der Waals surface area contributed by atoms with E-state index in [1.807, 2.05) is 54.6 Å². The highest BCUT2D eigenvalue weighted by Gasteiger charge is 2.06. The number of hydrogen-bond donors (Lipinski definition) is 2. The average Bonchev–Trinajstić information content (AvgIpc) is 2.65. The van der Waals surface area contributed by atoms with Gasteiger partial charge >= 0.3 is 0 Å². The van der Waals surface area contributed by atoms with Crippen LogP contribution >= 0.6 is 0 Å². The van der Waals surface area contributed by atoms with E-state index in [0.717, 1.165) is 16.3 Å². The molecule has 0 unspecified atom stereocenters. The summed E-state index contributed by atoms with van der Waals surface area (Å²) in [5.74, 6) is -0.186. The van der Waals surface area contributed by atoms with Crippen molar-refractivity contribution in [2.75, 3.05) is 13.1 Å². The molecule has 126 valence electrons. The van der Waals surface area contributed by atoms with Gasteiger partial charge in [0.15, 0.2) is 0 Å². The third kappa shape index (κ3) is 4.67. The molecule has 0 aliphatic carbocycles. The number of nitrogens with one attached hydrogen (secondary N) is 2. The summed E-state index contributed by atoms with van der Waals surface area (Å²) < 4.78 is 0. The van der Waals surface area contributed by atoms with Gasteiger partial charge in [0, 0.05) is 18.7 Å². The van der Waals surface area contributed by atoms with Crippen molar-refractivity contribution in [2.45, 2.75) is 6.42 Å². The largest absolute Gasteiger partial charge is 0.354 e. The Labute approximate surface area is 146 Å². The van der Waals surface area contributed by atoms with Gasteiger partial charge in [-0.15, -0.1) is 0 Å². The summed E-state index contributed by atoms with van der Waals surface area (Å²) in [7, 11) is 0. The van der Waals surface area contributed by atoms with Gasteiger partial charge in [0.1, 0.15) is 0 Å². The molecule has 0 radical (unpaired) electrons. The number of hydrogen-bond acceptors (Lipinski definition) is 2. The second-order valence-corrected chi connectivity index (χ2v) is 5.83. The summed E-state index contributed by atoms with van der Waals surface area (Å²) in [5.41, 5.74) is 1.59. The van der Waals surface area contributed by atoms with Gasteiger partial charge in [-0.3, -0.25) is 9.59 Å². The standard InChI is InChI=1S/C21H20N2O2/c24-20(15-16-10-11-17-6-4-5-9-19(17)14-16)22-12-13-23-21(25)18-7-2-1-3-8-18/h1-11,14H,12-13,15H2,(H,22,24)(H,23,25). The van der Waals surface area contributed by atoms with Crippen LogP contribution < -0.4 is 10.6 Å². The fraction of sp³-hybridized carbons (Fsp3) is 0.143. The molecule has 0 heterocycles. The summed E-state index contributed by atoms with van der Waals surface area (Å²) in [4.78, 5) is 23.9. The molecular formula is C21H20N2O2. The molecule has 4 heteroatoms. The van der Waals surface area contributed by atoms with E-state index in [4.69, 9.17) is 0 Å². The zero-order chi connectivity index (χ0) is 17.5. The minimum Gasteiger partial charge on any atom is -0.354 e. The fourth-order valence-electron chi connectivity index (χ4n) is 2.67. The average molecular weight is 332 g/mol. The third-order valence-electron chi connectivity index (χ3n) is 3.95. The van der Waals surface area contributed by atoms with Gasteiger partial charge in [0.05, 0.1) is 6.42 Å². The fourth-order valence-corrected chi connectivity index (χ4v) is 2.67. The van der Waals surface area contributed by atoms with Gasteiger partial charge in [0.2, 0.25) is 5.91 Å². The number of benzene rings is 3. The van der Waals surface area contributed by atoms with Crippen LogP contribution in [-0.4, -0.2) is 24.9 Å². The van der Waals surface area contributed by atoms with Crippen LogP contribution in [0.15, 0.2) is 72.8 Å². The predicted molar refractivity (Wildman–Crippen MR) is 99.4 cm³/mol. The zero-order valence-corrected chi connectivity index (χ0v) is 13.9. The molecule has 0 fully saturated rings. The first kappa shape index (κ1) is 16.7. The summed E-state index contributed by atoms with van der Waals surface area (Å²) >= 11 is 0. The van der Waals surface area contributed by atoms with Crippen LogP contribution in [0, 0.1) is 0 Å². The van der Waals surface area contributed by atoms with Gasteiger partial charge in [-0.05, 0) is 28.5 Å². The van der Waals surface area contributed by atoms with Crippen LogP contribution in [0.2, 0.25) is 0 Å². The van der Waals surface area contributed by atoms with Crippen LogP contribution in [0.5, 0.6) is 0 Å². The van der Waals surface area contributed by atoms with Crippen molar-refractivity contribution in [3.63, 3.8) is 0 Å². The van der Waals surface area contributed by atoms with E-state index in [1.54, 1.807) is 12.1 Å². The summed E-state index contributed by atoms with van der Waals surface area (Å²) in [6, 6.07) is 23.1. The lowest BCUT2D eigenvalue weighted by atomic mass is 10.1. The molecule has 0 bridgehead atoms. The van der Waals surface area contributed by atoms with E-state index >= 15 is 0 Å².